The van der Waals surface area contributed by atoms with Gasteiger partial charge in [-0.1, -0.05) is 0 Å². The Morgan fingerprint density at radius 3 is 2.47 bits per heavy atom. The summed E-state index contributed by atoms with van der Waals surface area (Å²) in [6.45, 7) is 5.75. The van der Waals surface area contributed by atoms with Crippen molar-refractivity contribution in [3.8, 4) is 11.3 Å². The fourth-order valence-corrected chi connectivity index (χ4v) is 1.71. The second-order valence-corrected chi connectivity index (χ2v) is 5.29. The van der Waals surface area contributed by atoms with E-state index in [0.717, 1.165) is 12.1 Å². The topological polar surface area (TPSA) is 34.9 Å². The third-order valence-electron chi connectivity index (χ3n) is 2.74. The minimum absolute atomic E-state index is 0.117. The van der Waals surface area contributed by atoms with Gasteiger partial charge in [-0.05, 0) is 32.9 Å². The molecule has 0 N–H and O–H groups in total. The maximum absolute atomic E-state index is 13.8. The van der Waals surface area contributed by atoms with Crippen LogP contribution in [0.3, 0.4) is 0 Å². The molecule has 0 spiro atoms. The standard InChI is InChI=1S/C14H14F2N2O/c1-14(2,3)18-7-9(8-19)13(17-18)11-5-4-10(15)6-12(11)16/h4-8H,1-3H3. The van der Waals surface area contributed by atoms with Crippen molar-refractivity contribution in [2.45, 2.75) is 26.3 Å². The van der Waals surface area contributed by atoms with E-state index in [-0.39, 0.29) is 22.4 Å². The Kier molecular flexibility index (Phi) is 3.22. The van der Waals surface area contributed by atoms with Crippen LogP contribution in [-0.4, -0.2) is 16.1 Å². The van der Waals surface area contributed by atoms with Crippen molar-refractivity contribution in [2.75, 3.05) is 0 Å². The van der Waals surface area contributed by atoms with Crippen molar-refractivity contribution in [1.29, 1.82) is 0 Å². The van der Waals surface area contributed by atoms with E-state index < -0.39 is 11.6 Å². The molecule has 5 heteroatoms. The number of rotatable bonds is 2. The van der Waals surface area contributed by atoms with Gasteiger partial charge in [0.05, 0.1) is 11.1 Å². The Hall–Kier alpha value is -2.04. The molecule has 2 rings (SSSR count). The first-order chi connectivity index (χ1) is 8.82. The van der Waals surface area contributed by atoms with Crippen LogP contribution in [0, 0.1) is 11.6 Å². The molecule has 1 heterocycles. The molecular formula is C14H14F2N2O. The van der Waals surface area contributed by atoms with Crippen LogP contribution in [0.2, 0.25) is 0 Å². The Bertz CT molecular complexity index is 627. The Morgan fingerprint density at radius 2 is 1.95 bits per heavy atom. The van der Waals surface area contributed by atoms with Crippen molar-refractivity contribution in [1.82, 2.24) is 9.78 Å². The van der Waals surface area contributed by atoms with Gasteiger partial charge in [0.15, 0.2) is 6.29 Å². The molecule has 1 aromatic carbocycles. The van der Waals surface area contributed by atoms with E-state index in [1.807, 2.05) is 20.8 Å². The molecule has 0 fully saturated rings. The molecule has 0 saturated heterocycles. The Morgan fingerprint density at radius 1 is 1.26 bits per heavy atom. The molecule has 0 radical (unpaired) electrons. The van der Waals surface area contributed by atoms with Crippen molar-refractivity contribution < 1.29 is 13.6 Å². The maximum Gasteiger partial charge on any atom is 0.153 e. The van der Waals surface area contributed by atoms with E-state index in [0.29, 0.717) is 6.29 Å². The predicted octanol–water partition coefficient (Wildman–Crippen LogP) is 3.40. The number of aromatic nitrogens is 2. The summed E-state index contributed by atoms with van der Waals surface area (Å²) in [5, 5.41) is 4.24. The SMILES string of the molecule is CC(C)(C)n1cc(C=O)c(-c2ccc(F)cc2F)n1. The number of benzene rings is 1. The molecule has 0 aliphatic rings. The fourth-order valence-electron chi connectivity index (χ4n) is 1.71. The summed E-state index contributed by atoms with van der Waals surface area (Å²) in [7, 11) is 0. The van der Waals surface area contributed by atoms with Gasteiger partial charge in [-0.15, -0.1) is 0 Å². The van der Waals surface area contributed by atoms with Gasteiger partial charge in [-0.3, -0.25) is 9.48 Å². The normalized spacial score (nSPS) is 11.6. The van der Waals surface area contributed by atoms with E-state index in [1.165, 1.54) is 6.07 Å². The van der Waals surface area contributed by atoms with Crippen molar-refractivity contribution in [2.24, 2.45) is 0 Å². The molecule has 100 valence electrons. The minimum Gasteiger partial charge on any atom is -0.298 e. The largest absolute Gasteiger partial charge is 0.298 e. The third kappa shape index (κ3) is 2.54. The molecule has 0 aliphatic carbocycles. The van der Waals surface area contributed by atoms with Gasteiger partial charge >= 0.3 is 0 Å². The molecule has 0 bridgehead atoms. The van der Waals surface area contributed by atoms with Crippen molar-refractivity contribution in [3.05, 3.63) is 41.6 Å². The second kappa shape index (κ2) is 4.57. The Labute approximate surface area is 109 Å². The average molecular weight is 264 g/mol. The first-order valence-corrected chi connectivity index (χ1v) is 5.83. The van der Waals surface area contributed by atoms with Gasteiger partial charge in [0.1, 0.15) is 17.3 Å². The summed E-state index contributed by atoms with van der Waals surface area (Å²) in [5.74, 6) is -1.40. The molecule has 19 heavy (non-hydrogen) atoms. The van der Waals surface area contributed by atoms with E-state index in [9.17, 15) is 13.6 Å². The van der Waals surface area contributed by atoms with Crippen molar-refractivity contribution in [3.63, 3.8) is 0 Å². The molecule has 0 unspecified atom stereocenters. The number of aldehydes is 1. The van der Waals surface area contributed by atoms with Crippen LogP contribution < -0.4 is 0 Å². The van der Waals surface area contributed by atoms with Crippen LogP contribution in [0.15, 0.2) is 24.4 Å². The second-order valence-electron chi connectivity index (χ2n) is 5.29. The molecule has 1 aromatic heterocycles. The lowest BCUT2D eigenvalue weighted by atomic mass is 10.1. The molecule has 2 aromatic rings. The van der Waals surface area contributed by atoms with Crippen LogP contribution in [0.4, 0.5) is 8.78 Å². The first kappa shape index (κ1) is 13.4. The van der Waals surface area contributed by atoms with Crippen LogP contribution in [0.5, 0.6) is 0 Å². The van der Waals surface area contributed by atoms with Gasteiger partial charge in [0.25, 0.3) is 0 Å². The third-order valence-corrected chi connectivity index (χ3v) is 2.74. The number of nitrogens with zero attached hydrogens (tertiary/aromatic N) is 2. The van der Waals surface area contributed by atoms with Gasteiger partial charge < -0.3 is 0 Å². The minimum atomic E-state index is -0.734. The number of hydrogen-bond donors (Lipinski definition) is 0. The van der Waals surface area contributed by atoms with Gasteiger partial charge in [0, 0.05) is 17.8 Å². The predicted molar refractivity (Wildman–Crippen MR) is 68.0 cm³/mol. The zero-order valence-electron chi connectivity index (χ0n) is 10.9. The smallest absolute Gasteiger partial charge is 0.153 e. The number of carbonyl (C=O) groups is 1. The zero-order chi connectivity index (χ0) is 14.2. The maximum atomic E-state index is 13.8. The van der Waals surface area contributed by atoms with Crippen LogP contribution in [-0.2, 0) is 5.54 Å². The van der Waals surface area contributed by atoms with Crippen LogP contribution in [0.25, 0.3) is 11.3 Å². The highest BCUT2D eigenvalue weighted by molar-refractivity contribution is 5.85. The highest BCUT2D eigenvalue weighted by atomic mass is 19.1. The summed E-state index contributed by atoms with van der Waals surface area (Å²) in [4.78, 5) is 11.1. The number of hydrogen-bond acceptors (Lipinski definition) is 2. The summed E-state index contributed by atoms with van der Waals surface area (Å²) in [5.41, 5.74) is 0.293. The number of carbonyl (C=O) groups excluding carboxylic acids is 1. The summed E-state index contributed by atoms with van der Waals surface area (Å²) in [6, 6.07) is 3.20. The molecular weight excluding hydrogens is 250 g/mol. The summed E-state index contributed by atoms with van der Waals surface area (Å²) in [6.07, 6.45) is 2.18. The van der Waals surface area contributed by atoms with E-state index in [2.05, 4.69) is 5.10 Å². The van der Waals surface area contributed by atoms with Crippen LogP contribution >= 0.6 is 0 Å². The number of halogens is 2. The molecule has 3 nitrogen and oxygen atoms in total. The average Bonchev–Trinajstić information content (AvgIpc) is 2.72. The lowest BCUT2D eigenvalue weighted by molar-refractivity contribution is 0.112. The monoisotopic (exact) mass is 264 g/mol. The highest BCUT2D eigenvalue weighted by Gasteiger charge is 2.20. The van der Waals surface area contributed by atoms with E-state index >= 15 is 0 Å². The van der Waals surface area contributed by atoms with Gasteiger partial charge in [0.2, 0.25) is 0 Å². The molecule has 0 saturated carbocycles. The summed E-state index contributed by atoms with van der Waals surface area (Å²) >= 11 is 0. The molecule has 0 atom stereocenters. The lowest BCUT2D eigenvalue weighted by Crippen LogP contribution is -2.22. The Balaban J connectivity index is 2.61. The van der Waals surface area contributed by atoms with Crippen molar-refractivity contribution >= 4 is 6.29 Å². The first-order valence-electron chi connectivity index (χ1n) is 5.83. The zero-order valence-corrected chi connectivity index (χ0v) is 10.9. The van der Waals surface area contributed by atoms with Gasteiger partial charge in [-0.2, -0.15) is 5.10 Å². The molecule has 0 aliphatic heterocycles. The summed E-state index contributed by atoms with van der Waals surface area (Å²) < 4.78 is 28.3. The quantitative estimate of drug-likeness (QED) is 0.779. The van der Waals surface area contributed by atoms with Crippen LogP contribution in [0.1, 0.15) is 31.1 Å². The van der Waals surface area contributed by atoms with E-state index in [4.69, 9.17) is 0 Å². The molecule has 0 amide bonds. The highest BCUT2D eigenvalue weighted by Crippen LogP contribution is 2.26. The van der Waals surface area contributed by atoms with E-state index in [1.54, 1.807) is 10.9 Å². The lowest BCUT2D eigenvalue weighted by Gasteiger charge is -2.18. The fraction of sp³-hybridized carbons (Fsp3) is 0.286. The van der Waals surface area contributed by atoms with Gasteiger partial charge in [-0.25, -0.2) is 8.78 Å².